The Morgan fingerprint density at radius 3 is 2.65 bits per heavy atom. The SMILES string of the molecule is O=C(c1ccoc1)c1ccc2[nH]c(=O)[nH]c2c1. The summed E-state index contributed by atoms with van der Waals surface area (Å²) >= 11 is 0. The third-order valence-corrected chi connectivity index (χ3v) is 2.56. The van der Waals surface area contributed by atoms with E-state index in [1.54, 1.807) is 24.3 Å². The first-order chi connectivity index (χ1) is 8.24. The Morgan fingerprint density at radius 2 is 1.88 bits per heavy atom. The molecule has 0 aliphatic rings. The molecule has 2 N–H and O–H groups in total. The lowest BCUT2D eigenvalue weighted by Crippen LogP contribution is -1.99. The molecule has 2 heterocycles. The topological polar surface area (TPSA) is 78.9 Å². The zero-order valence-corrected chi connectivity index (χ0v) is 8.69. The maximum absolute atomic E-state index is 12.0. The van der Waals surface area contributed by atoms with Gasteiger partial charge in [-0.25, -0.2) is 4.79 Å². The Morgan fingerprint density at radius 1 is 1.06 bits per heavy atom. The summed E-state index contributed by atoms with van der Waals surface area (Å²) in [5, 5.41) is 0. The fraction of sp³-hybridized carbons (Fsp3) is 0. The van der Waals surface area contributed by atoms with Crippen molar-refractivity contribution in [2.45, 2.75) is 0 Å². The predicted molar refractivity (Wildman–Crippen MR) is 61.1 cm³/mol. The number of hydrogen-bond donors (Lipinski definition) is 2. The summed E-state index contributed by atoms with van der Waals surface area (Å²) < 4.78 is 4.86. The maximum Gasteiger partial charge on any atom is 0.323 e. The summed E-state index contributed by atoms with van der Waals surface area (Å²) in [5.41, 5.74) is 2.01. The molecule has 0 aliphatic heterocycles. The van der Waals surface area contributed by atoms with Crippen molar-refractivity contribution >= 4 is 16.8 Å². The first-order valence-electron chi connectivity index (χ1n) is 5.03. The van der Waals surface area contributed by atoms with Crippen molar-refractivity contribution in [2.75, 3.05) is 0 Å². The second-order valence-electron chi connectivity index (χ2n) is 3.68. The fourth-order valence-electron chi connectivity index (χ4n) is 1.73. The molecular formula is C12H8N2O3. The first-order valence-corrected chi connectivity index (χ1v) is 5.03. The van der Waals surface area contributed by atoms with Crippen molar-refractivity contribution in [1.82, 2.24) is 9.97 Å². The van der Waals surface area contributed by atoms with Crippen LogP contribution in [0.1, 0.15) is 15.9 Å². The fourth-order valence-corrected chi connectivity index (χ4v) is 1.73. The van der Waals surface area contributed by atoms with E-state index >= 15 is 0 Å². The molecule has 5 heteroatoms. The zero-order valence-electron chi connectivity index (χ0n) is 8.69. The first kappa shape index (κ1) is 9.65. The van der Waals surface area contributed by atoms with Crippen LogP contribution in [0.5, 0.6) is 0 Å². The molecule has 0 bridgehead atoms. The van der Waals surface area contributed by atoms with Crippen molar-refractivity contribution in [3.63, 3.8) is 0 Å². The number of hydrogen-bond acceptors (Lipinski definition) is 3. The summed E-state index contributed by atoms with van der Waals surface area (Å²) in [5.74, 6) is -0.136. The maximum atomic E-state index is 12.0. The van der Waals surface area contributed by atoms with Gasteiger partial charge in [0.05, 0.1) is 22.9 Å². The van der Waals surface area contributed by atoms with Gasteiger partial charge < -0.3 is 14.4 Å². The van der Waals surface area contributed by atoms with E-state index in [0.29, 0.717) is 22.2 Å². The number of ketones is 1. The number of furan rings is 1. The third kappa shape index (κ3) is 1.57. The van der Waals surface area contributed by atoms with Gasteiger partial charge >= 0.3 is 5.69 Å². The number of imidazole rings is 1. The molecule has 2 aromatic heterocycles. The predicted octanol–water partition coefficient (Wildman–Crippen LogP) is 1.68. The van der Waals surface area contributed by atoms with Gasteiger partial charge in [-0.2, -0.15) is 0 Å². The number of nitrogens with one attached hydrogen (secondary N) is 2. The van der Waals surface area contributed by atoms with E-state index in [-0.39, 0.29) is 11.5 Å². The van der Waals surface area contributed by atoms with Gasteiger partial charge in [-0.3, -0.25) is 4.79 Å². The highest BCUT2D eigenvalue weighted by Gasteiger charge is 2.11. The second kappa shape index (κ2) is 3.48. The monoisotopic (exact) mass is 228 g/mol. The van der Waals surface area contributed by atoms with Gasteiger partial charge in [0.15, 0.2) is 5.78 Å². The van der Waals surface area contributed by atoms with Crippen LogP contribution < -0.4 is 5.69 Å². The molecule has 0 radical (unpaired) electrons. The number of aromatic amines is 2. The minimum Gasteiger partial charge on any atom is -0.472 e. The van der Waals surface area contributed by atoms with Gasteiger partial charge in [-0.15, -0.1) is 0 Å². The molecule has 0 spiro atoms. The molecule has 17 heavy (non-hydrogen) atoms. The van der Waals surface area contributed by atoms with Gasteiger partial charge in [0.2, 0.25) is 0 Å². The van der Waals surface area contributed by atoms with E-state index in [1.807, 2.05) is 0 Å². The Hall–Kier alpha value is -2.56. The number of H-pyrrole nitrogens is 2. The van der Waals surface area contributed by atoms with Crippen molar-refractivity contribution in [3.8, 4) is 0 Å². The molecule has 84 valence electrons. The number of benzene rings is 1. The van der Waals surface area contributed by atoms with Gasteiger partial charge in [-0.1, -0.05) is 0 Å². The largest absolute Gasteiger partial charge is 0.472 e. The number of rotatable bonds is 2. The lowest BCUT2D eigenvalue weighted by molar-refractivity contribution is 0.103. The summed E-state index contributed by atoms with van der Waals surface area (Å²) in [4.78, 5) is 28.3. The molecule has 0 fully saturated rings. The van der Waals surface area contributed by atoms with Crippen molar-refractivity contribution in [2.24, 2.45) is 0 Å². The molecule has 3 aromatic rings. The average molecular weight is 228 g/mol. The smallest absolute Gasteiger partial charge is 0.323 e. The van der Waals surface area contributed by atoms with Crippen molar-refractivity contribution in [3.05, 3.63) is 58.4 Å². The van der Waals surface area contributed by atoms with Crippen LogP contribution in [0.3, 0.4) is 0 Å². The van der Waals surface area contributed by atoms with E-state index in [0.717, 1.165) is 0 Å². The highest BCUT2D eigenvalue weighted by molar-refractivity contribution is 6.10. The van der Waals surface area contributed by atoms with E-state index < -0.39 is 0 Å². The normalized spacial score (nSPS) is 10.8. The van der Waals surface area contributed by atoms with Crippen LogP contribution in [0.25, 0.3) is 11.0 Å². The Balaban J connectivity index is 2.12. The minimum atomic E-state index is -0.284. The van der Waals surface area contributed by atoms with Gasteiger partial charge in [0, 0.05) is 5.56 Å². The molecular weight excluding hydrogens is 220 g/mol. The van der Waals surface area contributed by atoms with Gasteiger partial charge in [0.1, 0.15) is 6.26 Å². The number of aromatic nitrogens is 2. The second-order valence-corrected chi connectivity index (χ2v) is 3.68. The molecule has 0 saturated carbocycles. The molecule has 0 amide bonds. The van der Waals surface area contributed by atoms with Crippen LogP contribution in [0.15, 0.2) is 46.0 Å². The Kier molecular flexibility index (Phi) is 1.98. The highest BCUT2D eigenvalue weighted by Crippen LogP contribution is 2.14. The van der Waals surface area contributed by atoms with Gasteiger partial charge in [-0.05, 0) is 24.3 Å². The van der Waals surface area contributed by atoms with E-state index in [1.165, 1.54) is 12.5 Å². The van der Waals surface area contributed by atoms with Crippen LogP contribution in [0, 0.1) is 0 Å². The lowest BCUT2D eigenvalue weighted by atomic mass is 10.1. The minimum absolute atomic E-state index is 0.136. The van der Waals surface area contributed by atoms with Crippen LogP contribution in [-0.2, 0) is 0 Å². The number of fused-ring (bicyclic) bond motifs is 1. The van der Waals surface area contributed by atoms with Crippen molar-refractivity contribution < 1.29 is 9.21 Å². The standard InChI is InChI=1S/C12H8N2O3/c15-11(8-3-4-17-6-8)7-1-2-9-10(5-7)14-12(16)13-9/h1-6H,(H2,13,14,16). The molecule has 0 aliphatic carbocycles. The molecule has 5 nitrogen and oxygen atoms in total. The Bertz CT molecular complexity index is 735. The third-order valence-electron chi connectivity index (χ3n) is 2.56. The van der Waals surface area contributed by atoms with E-state index in [9.17, 15) is 9.59 Å². The van der Waals surface area contributed by atoms with Crippen LogP contribution in [0.4, 0.5) is 0 Å². The summed E-state index contributed by atoms with van der Waals surface area (Å²) in [7, 11) is 0. The molecule has 1 aromatic carbocycles. The molecule has 3 rings (SSSR count). The van der Waals surface area contributed by atoms with Crippen LogP contribution in [0.2, 0.25) is 0 Å². The lowest BCUT2D eigenvalue weighted by Gasteiger charge is -1.97. The van der Waals surface area contributed by atoms with Crippen LogP contribution >= 0.6 is 0 Å². The summed E-state index contributed by atoms with van der Waals surface area (Å²) in [6.07, 6.45) is 2.84. The zero-order chi connectivity index (χ0) is 11.8. The van der Waals surface area contributed by atoms with Gasteiger partial charge in [0.25, 0.3) is 0 Å². The Labute approximate surface area is 95.1 Å². The molecule has 0 unspecified atom stereocenters. The van der Waals surface area contributed by atoms with E-state index in [4.69, 9.17) is 4.42 Å². The molecule has 0 atom stereocenters. The van der Waals surface area contributed by atoms with E-state index in [2.05, 4.69) is 9.97 Å². The summed E-state index contributed by atoms with van der Waals surface area (Å²) in [6, 6.07) is 6.61. The average Bonchev–Trinajstić information content (AvgIpc) is 2.94. The highest BCUT2D eigenvalue weighted by atomic mass is 16.3. The summed E-state index contributed by atoms with van der Waals surface area (Å²) in [6.45, 7) is 0. The van der Waals surface area contributed by atoms with Crippen molar-refractivity contribution in [1.29, 1.82) is 0 Å². The quantitative estimate of drug-likeness (QED) is 0.655. The number of carbonyl (C=O) groups excluding carboxylic acids is 1. The number of carbonyl (C=O) groups is 1. The van der Waals surface area contributed by atoms with Crippen LogP contribution in [-0.4, -0.2) is 15.8 Å². The molecule has 0 saturated heterocycles.